The Hall–Kier alpha value is -0.550. The molecule has 0 saturated carbocycles. The van der Waals surface area contributed by atoms with Crippen LogP contribution in [-0.2, 0) is 0 Å². The van der Waals surface area contributed by atoms with Gasteiger partial charge in [-0.1, -0.05) is 15.9 Å². The number of halogens is 2. The average molecular weight is 318 g/mol. The maximum atomic E-state index is 13.7. The van der Waals surface area contributed by atoms with Crippen molar-refractivity contribution in [1.82, 2.24) is 4.90 Å². The molecule has 1 amide bonds. The van der Waals surface area contributed by atoms with Gasteiger partial charge >= 0.3 is 0 Å². The number of thioether (sulfide) groups is 1. The minimum absolute atomic E-state index is 0.146. The van der Waals surface area contributed by atoms with Gasteiger partial charge in [0.2, 0.25) is 0 Å². The molecule has 92 valence electrons. The van der Waals surface area contributed by atoms with Crippen molar-refractivity contribution in [3.05, 3.63) is 34.1 Å². The lowest BCUT2D eigenvalue weighted by molar-refractivity contribution is 0.0743. The standard InChI is InChI=1S/C12H13BrFNOS/c1-15(9-4-5-17-7-9)12(16)10-3-2-8(13)6-11(10)14/h2-3,6,9H,4-5,7H2,1H3. The van der Waals surface area contributed by atoms with Crippen LogP contribution in [0.15, 0.2) is 22.7 Å². The summed E-state index contributed by atoms with van der Waals surface area (Å²) in [5, 5.41) is 0. The second kappa shape index (κ2) is 5.40. The van der Waals surface area contributed by atoms with Gasteiger partial charge in [0.1, 0.15) is 5.82 Å². The number of hydrogen-bond acceptors (Lipinski definition) is 2. The van der Waals surface area contributed by atoms with Crippen LogP contribution in [0.3, 0.4) is 0 Å². The lowest BCUT2D eigenvalue weighted by Crippen LogP contribution is -2.37. The zero-order valence-corrected chi connectivity index (χ0v) is 11.9. The first kappa shape index (κ1) is 12.9. The average Bonchev–Trinajstić information content (AvgIpc) is 2.80. The van der Waals surface area contributed by atoms with E-state index in [1.165, 1.54) is 12.1 Å². The first-order chi connectivity index (χ1) is 8.09. The Bertz CT molecular complexity index is 435. The fourth-order valence-corrected chi connectivity index (χ4v) is 3.45. The second-order valence-corrected chi connectivity index (χ2v) is 6.12. The monoisotopic (exact) mass is 317 g/mol. The van der Waals surface area contributed by atoms with Crippen molar-refractivity contribution in [3.63, 3.8) is 0 Å². The summed E-state index contributed by atoms with van der Waals surface area (Å²) in [5.74, 6) is 1.32. The molecule has 0 N–H and O–H groups in total. The number of hydrogen-bond donors (Lipinski definition) is 0. The molecule has 1 fully saturated rings. The van der Waals surface area contributed by atoms with E-state index < -0.39 is 5.82 Å². The summed E-state index contributed by atoms with van der Waals surface area (Å²) in [6, 6.07) is 4.77. The van der Waals surface area contributed by atoms with Crippen molar-refractivity contribution in [2.45, 2.75) is 12.5 Å². The topological polar surface area (TPSA) is 20.3 Å². The van der Waals surface area contributed by atoms with Crippen LogP contribution in [0, 0.1) is 5.82 Å². The lowest BCUT2D eigenvalue weighted by Gasteiger charge is -2.24. The molecule has 1 heterocycles. The molecule has 1 atom stereocenters. The number of carbonyl (C=O) groups excluding carboxylic acids is 1. The summed E-state index contributed by atoms with van der Waals surface area (Å²) in [6.45, 7) is 0. The molecule has 0 aliphatic carbocycles. The van der Waals surface area contributed by atoms with Crippen LogP contribution in [0.2, 0.25) is 0 Å². The molecule has 1 unspecified atom stereocenters. The van der Waals surface area contributed by atoms with Gasteiger partial charge in [0.15, 0.2) is 0 Å². The zero-order valence-electron chi connectivity index (χ0n) is 9.45. The number of amides is 1. The summed E-state index contributed by atoms with van der Waals surface area (Å²) in [4.78, 5) is 13.8. The predicted octanol–water partition coefficient (Wildman–Crippen LogP) is 3.17. The molecule has 0 aromatic heterocycles. The molecular formula is C12H13BrFNOS. The van der Waals surface area contributed by atoms with Crippen LogP contribution in [0.4, 0.5) is 4.39 Å². The van der Waals surface area contributed by atoms with Gasteiger partial charge in [-0.05, 0) is 30.4 Å². The molecule has 2 nitrogen and oxygen atoms in total. The Balaban J connectivity index is 2.18. The van der Waals surface area contributed by atoms with Crippen LogP contribution < -0.4 is 0 Å². The van der Waals surface area contributed by atoms with Gasteiger partial charge in [-0.3, -0.25) is 4.79 Å². The van der Waals surface area contributed by atoms with E-state index in [4.69, 9.17) is 0 Å². The molecular weight excluding hydrogens is 305 g/mol. The largest absolute Gasteiger partial charge is 0.338 e. The first-order valence-electron chi connectivity index (χ1n) is 5.39. The van der Waals surface area contributed by atoms with E-state index in [1.54, 1.807) is 18.0 Å². The van der Waals surface area contributed by atoms with E-state index in [0.717, 1.165) is 17.9 Å². The molecule has 5 heteroatoms. The Morgan fingerprint density at radius 1 is 1.59 bits per heavy atom. The van der Waals surface area contributed by atoms with Gasteiger partial charge in [-0.15, -0.1) is 0 Å². The van der Waals surface area contributed by atoms with Crippen LogP contribution in [-0.4, -0.2) is 35.4 Å². The highest BCUT2D eigenvalue weighted by Gasteiger charge is 2.26. The number of benzene rings is 1. The third kappa shape index (κ3) is 2.83. The van der Waals surface area contributed by atoms with E-state index >= 15 is 0 Å². The van der Waals surface area contributed by atoms with Crippen molar-refractivity contribution in [2.24, 2.45) is 0 Å². The summed E-state index contributed by atoms with van der Waals surface area (Å²) in [5.41, 5.74) is 0.146. The minimum atomic E-state index is -0.470. The molecule has 1 aliphatic rings. The Labute approximate surface area is 113 Å². The summed E-state index contributed by atoms with van der Waals surface area (Å²) >= 11 is 5.02. The van der Waals surface area contributed by atoms with Crippen LogP contribution >= 0.6 is 27.7 Å². The molecule has 1 aromatic rings. The van der Waals surface area contributed by atoms with Crippen molar-refractivity contribution in [3.8, 4) is 0 Å². The molecule has 1 aromatic carbocycles. The van der Waals surface area contributed by atoms with E-state index in [-0.39, 0.29) is 17.5 Å². The Morgan fingerprint density at radius 2 is 2.35 bits per heavy atom. The first-order valence-corrected chi connectivity index (χ1v) is 7.34. The zero-order chi connectivity index (χ0) is 12.4. The van der Waals surface area contributed by atoms with E-state index in [2.05, 4.69) is 15.9 Å². The van der Waals surface area contributed by atoms with Crippen LogP contribution in [0.5, 0.6) is 0 Å². The molecule has 0 spiro atoms. The van der Waals surface area contributed by atoms with Gasteiger partial charge in [-0.2, -0.15) is 11.8 Å². The third-order valence-electron chi connectivity index (χ3n) is 2.94. The van der Waals surface area contributed by atoms with E-state index in [1.807, 2.05) is 11.8 Å². The lowest BCUT2D eigenvalue weighted by atomic mass is 10.1. The van der Waals surface area contributed by atoms with Gasteiger partial charge in [0.25, 0.3) is 5.91 Å². The SMILES string of the molecule is CN(C(=O)c1ccc(Br)cc1F)C1CCSC1. The van der Waals surface area contributed by atoms with Crippen molar-refractivity contribution in [2.75, 3.05) is 18.6 Å². The minimum Gasteiger partial charge on any atom is -0.338 e. The van der Waals surface area contributed by atoms with Crippen LogP contribution in [0.25, 0.3) is 0 Å². The summed E-state index contributed by atoms with van der Waals surface area (Å²) < 4.78 is 14.3. The smallest absolute Gasteiger partial charge is 0.256 e. The molecule has 2 rings (SSSR count). The van der Waals surface area contributed by atoms with Crippen molar-refractivity contribution >= 4 is 33.6 Å². The number of carbonyl (C=O) groups is 1. The normalized spacial score (nSPS) is 19.4. The fraction of sp³-hybridized carbons (Fsp3) is 0.417. The van der Waals surface area contributed by atoms with Gasteiger partial charge < -0.3 is 4.90 Å². The summed E-state index contributed by atoms with van der Waals surface area (Å²) in [7, 11) is 1.75. The number of rotatable bonds is 2. The Kier molecular flexibility index (Phi) is 4.09. The Morgan fingerprint density at radius 3 is 2.94 bits per heavy atom. The van der Waals surface area contributed by atoms with Gasteiger partial charge in [-0.25, -0.2) is 4.39 Å². The van der Waals surface area contributed by atoms with Crippen molar-refractivity contribution in [1.29, 1.82) is 0 Å². The van der Waals surface area contributed by atoms with Gasteiger partial charge in [0, 0.05) is 23.3 Å². The maximum absolute atomic E-state index is 13.7. The van der Waals surface area contributed by atoms with Crippen molar-refractivity contribution < 1.29 is 9.18 Å². The molecule has 17 heavy (non-hydrogen) atoms. The predicted molar refractivity (Wildman–Crippen MR) is 71.9 cm³/mol. The quantitative estimate of drug-likeness (QED) is 0.835. The maximum Gasteiger partial charge on any atom is 0.256 e. The van der Waals surface area contributed by atoms with Crippen LogP contribution in [0.1, 0.15) is 16.8 Å². The molecule has 0 radical (unpaired) electrons. The third-order valence-corrected chi connectivity index (χ3v) is 4.57. The highest BCUT2D eigenvalue weighted by Crippen LogP contribution is 2.24. The van der Waals surface area contributed by atoms with Gasteiger partial charge in [0.05, 0.1) is 5.56 Å². The molecule has 1 saturated heterocycles. The molecule has 1 aliphatic heterocycles. The highest BCUT2D eigenvalue weighted by molar-refractivity contribution is 9.10. The highest BCUT2D eigenvalue weighted by atomic mass is 79.9. The van der Waals surface area contributed by atoms with E-state index in [0.29, 0.717) is 4.47 Å². The molecule has 0 bridgehead atoms. The number of nitrogens with zero attached hydrogens (tertiary/aromatic N) is 1. The summed E-state index contributed by atoms with van der Waals surface area (Å²) in [6.07, 6.45) is 0.991. The second-order valence-electron chi connectivity index (χ2n) is 4.06. The fourth-order valence-electron chi connectivity index (χ4n) is 1.85. The van der Waals surface area contributed by atoms with E-state index in [9.17, 15) is 9.18 Å².